The zero-order valence-electron chi connectivity index (χ0n) is 11.4. The van der Waals surface area contributed by atoms with Gasteiger partial charge in [-0.2, -0.15) is 0 Å². The quantitative estimate of drug-likeness (QED) is 0.728. The molecule has 0 saturated heterocycles. The number of nitrogens with one attached hydrogen (secondary N) is 1. The highest BCUT2D eigenvalue weighted by atomic mass is 79.9. The van der Waals surface area contributed by atoms with Crippen molar-refractivity contribution < 1.29 is 5.11 Å². The Bertz CT molecular complexity index is 502. The summed E-state index contributed by atoms with van der Waals surface area (Å²) in [7, 11) is 0. The number of aliphatic hydroxyl groups is 1. The number of aromatic nitrogens is 2. The monoisotopic (exact) mass is 337 g/mol. The van der Waals surface area contributed by atoms with Gasteiger partial charge in [0.2, 0.25) is 0 Å². The van der Waals surface area contributed by atoms with Crippen LogP contribution in [0.1, 0.15) is 24.5 Å². The van der Waals surface area contributed by atoms with Crippen molar-refractivity contribution in [1.29, 1.82) is 0 Å². The lowest BCUT2D eigenvalue weighted by atomic mass is 10.1. The number of aliphatic hydroxyl groups excluding tert-OH is 1. The first-order chi connectivity index (χ1) is 9.75. The Morgan fingerprint density at radius 3 is 3.00 bits per heavy atom. The van der Waals surface area contributed by atoms with Crippen LogP contribution in [0.2, 0.25) is 0 Å². The van der Waals surface area contributed by atoms with Crippen LogP contribution in [-0.4, -0.2) is 27.7 Å². The molecule has 1 unspecified atom stereocenters. The minimum atomic E-state index is -0.457. The van der Waals surface area contributed by atoms with Crippen molar-refractivity contribution in [1.82, 2.24) is 14.9 Å². The maximum absolute atomic E-state index is 10.1. The van der Waals surface area contributed by atoms with Crippen LogP contribution < -0.4 is 5.32 Å². The van der Waals surface area contributed by atoms with E-state index in [9.17, 15) is 5.11 Å². The van der Waals surface area contributed by atoms with Crippen LogP contribution in [-0.2, 0) is 6.54 Å². The fraction of sp³-hybridized carbons (Fsp3) is 0.400. The van der Waals surface area contributed by atoms with Gasteiger partial charge >= 0.3 is 0 Å². The van der Waals surface area contributed by atoms with E-state index in [1.165, 1.54) is 0 Å². The van der Waals surface area contributed by atoms with Gasteiger partial charge in [-0.25, -0.2) is 4.98 Å². The van der Waals surface area contributed by atoms with E-state index in [1.807, 2.05) is 36.8 Å². The molecule has 108 valence electrons. The Hall–Kier alpha value is -1.17. The van der Waals surface area contributed by atoms with E-state index in [4.69, 9.17) is 0 Å². The maximum atomic E-state index is 10.1. The number of benzene rings is 1. The van der Waals surface area contributed by atoms with Gasteiger partial charge in [0.15, 0.2) is 0 Å². The predicted octanol–water partition coefficient (Wildman–Crippen LogP) is 2.75. The lowest BCUT2D eigenvalue weighted by Gasteiger charge is -2.12. The molecule has 0 aliphatic carbocycles. The Kier molecular flexibility index (Phi) is 6.24. The number of hydrogen-bond acceptors (Lipinski definition) is 3. The molecule has 2 N–H and O–H groups in total. The van der Waals surface area contributed by atoms with E-state index in [-0.39, 0.29) is 0 Å². The molecule has 5 heteroatoms. The van der Waals surface area contributed by atoms with Crippen LogP contribution >= 0.6 is 15.9 Å². The van der Waals surface area contributed by atoms with Crippen molar-refractivity contribution in [2.45, 2.75) is 25.5 Å². The zero-order valence-corrected chi connectivity index (χ0v) is 13.0. The second-order valence-electron chi connectivity index (χ2n) is 4.78. The fourth-order valence-electron chi connectivity index (χ4n) is 2.03. The van der Waals surface area contributed by atoms with E-state index in [0.717, 1.165) is 36.0 Å². The average molecular weight is 338 g/mol. The molecular formula is C15H20BrN3O. The van der Waals surface area contributed by atoms with Gasteiger partial charge in [-0.3, -0.25) is 0 Å². The number of rotatable bonds is 8. The molecule has 20 heavy (non-hydrogen) atoms. The van der Waals surface area contributed by atoms with Crippen molar-refractivity contribution in [2.24, 2.45) is 0 Å². The second kappa shape index (κ2) is 8.19. The molecule has 0 fully saturated rings. The van der Waals surface area contributed by atoms with Crippen LogP contribution in [0.5, 0.6) is 0 Å². The smallest absolute Gasteiger partial charge is 0.0945 e. The first-order valence-corrected chi connectivity index (χ1v) is 7.65. The van der Waals surface area contributed by atoms with Crippen LogP contribution in [0.3, 0.4) is 0 Å². The third-order valence-electron chi connectivity index (χ3n) is 3.15. The highest BCUT2D eigenvalue weighted by Crippen LogP contribution is 2.17. The number of hydrogen-bond donors (Lipinski definition) is 2. The maximum Gasteiger partial charge on any atom is 0.0945 e. The molecule has 0 aliphatic heterocycles. The summed E-state index contributed by atoms with van der Waals surface area (Å²) in [6, 6.07) is 7.79. The van der Waals surface area contributed by atoms with Crippen LogP contribution in [0, 0.1) is 0 Å². The van der Waals surface area contributed by atoms with E-state index in [2.05, 4.69) is 30.8 Å². The second-order valence-corrected chi connectivity index (χ2v) is 5.70. The Labute approximate surface area is 128 Å². The third kappa shape index (κ3) is 5.07. The van der Waals surface area contributed by atoms with Crippen molar-refractivity contribution in [3.8, 4) is 0 Å². The van der Waals surface area contributed by atoms with Gasteiger partial charge in [0.1, 0.15) is 0 Å². The number of nitrogens with zero attached hydrogens (tertiary/aromatic N) is 2. The summed E-state index contributed by atoms with van der Waals surface area (Å²) in [4.78, 5) is 4.01. The summed E-state index contributed by atoms with van der Waals surface area (Å²) in [5, 5.41) is 13.3. The predicted molar refractivity (Wildman–Crippen MR) is 83.4 cm³/mol. The molecule has 0 spiro atoms. The highest BCUT2D eigenvalue weighted by molar-refractivity contribution is 9.10. The number of aryl methyl sites for hydroxylation is 1. The van der Waals surface area contributed by atoms with Gasteiger partial charge in [0.25, 0.3) is 0 Å². The molecule has 0 radical (unpaired) electrons. The van der Waals surface area contributed by atoms with E-state index in [0.29, 0.717) is 6.54 Å². The molecule has 2 rings (SSSR count). The van der Waals surface area contributed by atoms with Gasteiger partial charge in [0.05, 0.1) is 12.4 Å². The van der Waals surface area contributed by atoms with Crippen molar-refractivity contribution in [2.75, 3.05) is 13.1 Å². The Balaban J connectivity index is 1.58. The van der Waals surface area contributed by atoms with E-state index < -0.39 is 6.10 Å². The zero-order chi connectivity index (χ0) is 14.2. The van der Waals surface area contributed by atoms with Gasteiger partial charge in [-0.15, -0.1) is 0 Å². The molecular weight excluding hydrogens is 318 g/mol. The number of halogens is 1. The summed E-state index contributed by atoms with van der Waals surface area (Å²) < 4.78 is 3.07. The molecule has 1 aromatic carbocycles. The minimum absolute atomic E-state index is 0.457. The van der Waals surface area contributed by atoms with Gasteiger partial charge < -0.3 is 15.0 Å². The lowest BCUT2D eigenvalue weighted by Crippen LogP contribution is -2.22. The molecule has 1 aromatic heterocycles. The molecule has 0 saturated carbocycles. The third-order valence-corrected chi connectivity index (χ3v) is 3.64. The first-order valence-electron chi connectivity index (χ1n) is 6.85. The highest BCUT2D eigenvalue weighted by Gasteiger charge is 2.06. The summed E-state index contributed by atoms with van der Waals surface area (Å²) >= 11 is 3.41. The summed E-state index contributed by atoms with van der Waals surface area (Å²) in [5.41, 5.74) is 0.935. The minimum Gasteiger partial charge on any atom is -0.387 e. The normalized spacial score (nSPS) is 12.5. The van der Waals surface area contributed by atoms with Crippen molar-refractivity contribution >= 4 is 15.9 Å². The summed E-state index contributed by atoms with van der Waals surface area (Å²) in [6.07, 6.45) is 7.35. The molecule has 0 bridgehead atoms. The van der Waals surface area contributed by atoms with Gasteiger partial charge in [-0.05, 0) is 37.1 Å². The van der Waals surface area contributed by atoms with Crippen LogP contribution in [0.4, 0.5) is 0 Å². The molecule has 4 nitrogen and oxygen atoms in total. The van der Waals surface area contributed by atoms with Gasteiger partial charge in [-0.1, -0.05) is 28.1 Å². The van der Waals surface area contributed by atoms with E-state index >= 15 is 0 Å². The topological polar surface area (TPSA) is 50.1 Å². The van der Waals surface area contributed by atoms with Crippen LogP contribution in [0.25, 0.3) is 0 Å². The lowest BCUT2D eigenvalue weighted by molar-refractivity contribution is 0.174. The Morgan fingerprint density at radius 2 is 2.25 bits per heavy atom. The van der Waals surface area contributed by atoms with Crippen LogP contribution in [0.15, 0.2) is 47.5 Å². The summed E-state index contributed by atoms with van der Waals surface area (Å²) in [6.45, 7) is 2.50. The fourth-order valence-corrected chi connectivity index (χ4v) is 2.45. The molecule has 0 amide bonds. The molecule has 2 aromatic rings. The average Bonchev–Trinajstić information content (AvgIpc) is 2.95. The van der Waals surface area contributed by atoms with Crippen molar-refractivity contribution in [3.05, 3.63) is 53.0 Å². The molecule has 1 heterocycles. The largest absolute Gasteiger partial charge is 0.387 e. The number of imidazole rings is 1. The molecule has 0 aliphatic rings. The van der Waals surface area contributed by atoms with Gasteiger partial charge in [0, 0.05) is 30.0 Å². The summed E-state index contributed by atoms with van der Waals surface area (Å²) in [5.74, 6) is 0. The molecule has 1 atom stereocenters. The van der Waals surface area contributed by atoms with E-state index in [1.54, 1.807) is 6.20 Å². The Morgan fingerprint density at radius 1 is 1.35 bits per heavy atom. The SMILES string of the molecule is OC(CNCCCCn1ccnc1)c1cccc(Br)c1. The number of unbranched alkanes of at least 4 members (excludes halogenated alkanes) is 1. The van der Waals surface area contributed by atoms with Crippen molar-refractivity contribution in [3.63, 3.8) is 0 Å². The standard InChI is InChI=1S/C15H20BrN3O/c16-14-5-3-4-13(10-14)15(20)11-17-6-1-2-8-19-9-7-18-12-19/h3-5,7,9-10,12,15,17,20H,1-2,6,8,11H2. The first kappa shape index (κ1) is 15.2.